The van der Waals surface area contributed by atoms with Crippen molar-refractivity contribution in [2.45, 2.75) is 6.54 Å². The van der Waals surface area contributed by atoms with E-state index in [0.29, 0.717) is 15.7 Å². The molecule has 2 N–H and O–H groups in total. The lowest BCUT2D eigenvalue weighted by Gasteiger charge is -2.10. The van der Waals surface area contributed by atoms with Gasteiger partial charge in [-0.1, -0.05) is 34.1 Å². The highest BCUT2D eigenvalue weighted by atomic mass is 79.9. The molecule has 0 heterocycles. The first-order valence-electron chi connectivity index (χ1n) is 5.58. The molecule has 0 aliphatic rings. The SMILES string of the molecule is O=C(O)c1ccccc1NCc1ccc(Br)cc1F. The molecule has 19 heavy (non-hydrogen) atoms. The molecule has 2 rings (SSSR count). The van der Waals surface area contributed by atoms with Gasteiger partial charge in [-0.3, -0.25) is 0 Å². The Morgan fingerprint density at radius 2 is 2.00 bits per heavy atom. The summed E-state index contributed by atoms with van der Waals surface area (Å²) in [5.41, 5.74) is 1.11. The van der Waals surface area contributed by atoms with Crippen LogP contribution in [0.4, 0.5) is 10.1 Å². The summed E-state index contributed by atoms with van der Waals surface area (Å²) >= 11 is 3.18. The van der Waals surface area contributed by atoms with E-state index in [2.05, 4.69) is 21.2 Å². The fourth-order valence-corrected chi connectivity index (χ4v) is 2.01. The van der Waals surface area contributed by atoms with Crippen molar-refractivity contribution in [1.82, 2.24) is 0 Å². The lowest BCUT2D eigenvalue weighted by atomic mass is 10.1. The largest absolute Gasteiger partial charge is 0.478 e. The molecule has 0 bridgehead atoms. The first kappa shape index (κ1) is 13.5. The van der Waals surface area contributed by atoms with Gasteiger partial charge >= 0.3 is 5.97 Å². The minimum atomic E-state index is -1.01. The van der Waals surface area contributed by atoms with Gasteiger partial charge in [0.1, 0.15) is 5.82 Å². The van der Waals surface area contributed by atoms with Gasteiger partial charge in [0.2, 0.25) is 0 Å². The number of rotatable bonds is 4. The third-order valence-electron chi connectivity index (χ3n) is 2.64. The number of nitrogens with one attached hydrogen (secondary N) is 1. The Balaban J connectivity index is 2.17. The first-order valence-corrected chi connectivity index (χ1v) is 6.37. The number of aromatic carboxylic acids is 1. The van der Waals surface area contributed by atoms with Crippen molar-refractivity contribution in [2.24, 2.45) is 0 Å². The van der Waals surface area contributed by atoms with Gasteiger partial charge in [-0.25, -0.2) is 9.18 Å². The van der Waals surface area contributed by atoms with Crippen LogP contribution in [-0.4, -0.2) is 11.1 Å². The smallest absolute Gasteiger partial charge is 0.337 e. The van der Waals surface area contributed by atoms with Crippen LogP contribution in [-0.2, 0) is 6.54 Å². The number of anilines is 1. The van der Waals surface area contributed by atoms with Gasteiger partial charge < -0.3 is 10.4 Å². The van der Waals surface area contributed by atoms with Crippen LogP contribution in [0.2, 0.25) is 0 Å². The molecule has 5 heteroatoms. The molecule has 0 spiro atoms. The van der Waals surface area contributed by atoms with Gasteiger partial charge in [-0.05, 0) is 24.3 Å². The molecular formula is C14H11BrFNO2. The van der Waals surface area contributed by atoms with E-state index in [1.54, 1.807) is 30.3 Å². The molecule has 0 fully saturated rings. The Kier molecular flexibility index (Phi) is 4.16. The number of para-hydroxylation sites is 1. The molecule has 2 aromatic carbocycles. The molecule has 0 aromatic heterocycles. The maximum Gasteiger partial charge on any atom is 0.337 e. The van der Waals surface area contributed by atoms with Gasteiger partial charge in [-0.15, -0.1) is 0 Å². The van der Waals surface area contributed by atoms with E-state index in [9.17, 15) is 9.18 Å². The van der Waals surface area contributed by atoms with Crippen molar-refractivity contribution in [3.63, 3.8) is 0 Å². The maximum absolute atomic E-state index is 13.6. The Hall–Kier alpha value is -1.88. The van der Waals surface area contributed by atoms with Crippen LogP contribution in [0.5, 0.6) is 0 Å². The molecule has 0 aliphatic heterocycles. The lowest BCUT2D eigenvalue weighted by molar-refractivity contribution is 0.0698. The normalized spacial score (nSPS) is 10.2. The highest BCUT2D eigenvalue weighted by molar-refractivity contribution is 9.10. The minimum absolute atomic E-state index is 0.167. The Morgan fingerprint density at radius 3 is 2.68 bits per heavy atom. The molecule has 2 aromatic rings. The summed E-state index contributed by atoms with van der Waals surface area (Å²) < 4.78 is 14.3. The molecule has 0 saturated carbocycles. The monoisotopic (exact) mass is 323 g/mol. The molecule has 0 amide bonds. The van der Waals surface area contributed by atoms with E-state index in [1.165, 1.54) is 12.1 Å². The van der Waals surface area contributed by atoms with Crippen LogP contribution in [0.3, 0.4) is 0 Å². The van der Waals surface area contributed by atoms with E-state index in [0.717, 1.165) is 0 Å². The zero-order chi connectivity index (χ0) is 13.8. The van der Waals surface area contributed by atoms with E-state index in [-0.39, 0.29) is 17.9 Å². The predicted octanol–water partition coefficient (Wildman–Crippen LogP) is 3.90. The number of carboxylic acid groups (broad SMARTS) is 1. The van der Waals surface area contributed by atoms with E-state index < -0.39 is 5.97 Å². The van der Waals surface area contributed by atoms with Crippen molar-refractivity contribution in [3.8, 4) is 0 Å². The van der Waals surface area contributed by atoms with Crippen LogP contribution >= 0.6 is 15.9 Å². The molecule has 0 unspecified atom stereocenters. The van der Waals surface area contributed by atoms with Crippen LogP contribution in [0.1, 0.15) is 15.9 Å². The number of hydrogen-bond donors (Lipinski definition) is 2. The molecule has 0 atom stereocenters. The zero-order valence-electron chi connectivity index (χ0n) is 9.86. The number of halogens is 2. The Morgan fingerprint density at radius 1 is 1.26 bits per heavy atom. The van der Waals surface area contributed by atoms with Crippen molar-refractivity contribution >= 4 is 27.6 Å². The highest BCUT2D eigenvalue weighted by Gasteiger charge is 2.09. The van der Waals surface area contributed by atoms with E-state index >= 15 is 0 Å². The first-order chi connectivity index (χ1) is 9.08. The second-order valence-corrected chi connectivity index (χ2v) is 4.86. The summed E-state index contributed by atoms with van der Waals surface area (Å²) in [6.07, 6.45) is 0. The Bertz CT molecular complexity index is 616. The summed E-state index contributed by atoms with van der Waals surface area (Å²) in [7, 11) is 0. The summed E-state index contributed by atoms with van der Waals surface area (Å²) in [6, 6.07) is 11.3. The third kappa shape index (κ3) is 3.32. The van der Waals surface area contributed by atoms with E-state index in [1.807, 2.05) is 0 Å². The Labute approximate surface area is 118 Å². The lowest BCUT2D eigenvalue weighted by Crippen LogP contribution is -2.07. The molecule has 0 saturated heterocycles. The number of carbonyl (C=O) groups is 1. The third-order valence-corrected chi connectivity index (χ3v) is 3.14. The van der Waals surface area contributed by atoms with Crippen LogP contribution in [0.25, 0.3) is 0 Å². The predicted molar refractivity (Wildman–Crippen MR) is 74.8 cm³/mol. The molecular weight excluding hydrogens is 313 g/mol. The van der Waals surface area contributed by atoms with Crippen molar-refractivity contribution < 1.29 is 14.3 Å². The van der Waals surface area contributed by atoms with Gasteiger partial charge in [0, 0.05) is 22.3 Å². The van der Waals surface area contributed by atoms with Gasteiger partial charge in [-0.2, -0.15) is 0 Å². The molecule has 98 valence electrons. The van der Waals surface area contributed by atoms with Gasteiger partial charge in [0.05, 0.1) is 5.56 Å². The van der Waals surface area contributed by atoms with Gasteiger partial charge in [0.25, 0.3) is 0 Å². The molecule has 3 nitrogen and oxygen atoms in total. The highest BCUT2D eigenvalue weighted by Crippen LogP contribution is 2.19. The van der Waals surface area contributed by atoms with Crippen LogP contribution < -0.4 is 5.32 Å². The van der Waals surface area contributed by atoms with Crippen molar-refractivity contribution in [2.75, 3.05) is 5.32 Å². The summed E-state index contributed by atoms with van der Waals surface area (Å²) in [5, 5.41) is 12.0. The van der Waals surface area contributed by atoms with Gasteiger partial charge in [0.15, 0.2) is 0 Å². The topological polar surface area (TPSA) is 49.3 Å². The standard InChI is InChI=1S/C14H11BrFNO2/c15-10-6-5-9(12(16)7-10)8-17-13-4-2-1-3-11(13)14(18)19/h1-7,17H,8H2,(H,18,19). The maximum atomic E-state index is 13.6. The van der Waals surface area contributed by atoms with Crippen molar-refractivity contribution in [1.29, 1.82) is 0 Å². The summed E-state index contributed by atoms with van der Waals surface area (Å²) in [6.45, 7) is 0.226. The fraction of sp³-hybridized carbons (Fsp3) is 0.0714. The fourth-order valence-electron chi connectivity index (χ4n) is 1.68. The average molecular weight is 324 g/mol. The number of carboxylic acids is 1. The van der Waals surface area contributed by atoms with E-state index in [4.69, 9.17) is 5.11 Å². The minimum Gasteiger partial charge on any atom is -0.478 e. The molecule has 0 aliphatic carbocycles. The van der Waals surface area contributed by atoms with Crippen molar-refractivity contribution in [3.05, 3.63) is 63.9 Å². The number of hydrogen-bond acceptors (Lipinski definition) is 2. The van der Waals surface area contributed by atoms with Crippen LogP contribution in [0.15, 0.2) is 46.9 Å². The average Bonchev–Trinajstić information content (AvgIpc) is 2.38. The summed E-state index contributed by atoms with van der Waals surface area (Å²) in [4.78, 5) is 11.0. The zero-order valence-corrected chi connectivity index (χ0v) is 11.4. The number of benzene rings is 2. The molecule has 0 radical (unpaired) electrons. The second kappa shape index (κ2) is 5.84. The summed E-state index contributed by atoms with van der Waals surface area (Å²) in [5.74, 6) is -1.35. The second-order valence-electron chi connectivity index (χ2n) is 3.94. The quantitative estimate of drug-likeness (QED) is 0.897. The van der Waals surface area contributed by atoms with Crippen LogP contribution in [0, 0.1) is 5.82 Å².